The summed E-state index contributed by atoms with van der Waals surface area (Å²) < 4.78 is 5.65. The molecule has 0 fully saturated rings. The Morgan fingerprint density at radius 1 is 1.10 bits per heavy atom. The van der Waals surface area contributed by atoms with Gasteiger partial charge >= 0.3 is 0 Å². The second-order valence-electron chi connectivity index (χ2n) is 5.05. The van der Waals surface area contributed by atoms with Crippen LogP contribution in [0.2, 0.25) is 0 Å². The summed E-state index contributed by atoms with van der Waals surface area (Å²) in [7, 11) is 0. The van der Waals surface area contributed by atoms with Gasteiger partial charge in [0.15, 0.2) is 0 Å². The first kappa shape index (κ1) is 15.1. The number of nitrogens with zero attached hydrogens (tertiary/aromatic N) is 1. The Hall–Kier alpha value is -2.29. The molecule has 0 spiro atoms. The molecule has 0 heterocycles. The van der Waals surface area contributed by atoms with Crippen molar-refractivity contribution in [1.29, 1.82) is 0 Å². The second kappa shape index (κ2) is 6.93. The number of hydrogen-bond donors (Lipinski definition) is 1. The van der Waals surface area contributed by atoms with Gasteiger partial charge in [-0.1, -0.05) is 30.3 Å². The molecule has 0 aliphatic carbocycles. The maximum atomic E-state index is 5.65. The molecular weight excluding hydrogens is 260 g/mol. The lowest BCUT2D eigenvalue weighted by Gasteiger charge is -2.13. The van der Waals surface area contributed by atoms with Gasteiger partial charge in [0.2, 0.25) is 0 Å². The van der Waals surface area contributed by atoms with Crippen molar-refractivity contribution < 1.29 is 4.74 Å². The zero-order valence-electron chi connectivity index (χ0n) is 13.1. The number of rotatable bonds is 5. The van der Waals surface area contributed by atoms with E-state index in [1.54, 1.807) is 0 Å². The molecule has 2 aromatic carbocycles. The van der Waals surface area contributed by atoms with Crippen molar-refractivity contribution in [3.8, 4) is 5.75 Å². The Morgan fingerprint density at radius 2 is 1.71 bits per heavy atom. The van der Waals surface area contributed by atoms with Crippen molar-refractivity contribution in [3.63, 3.8) is 0 Å². The van der Waals surface area contributed by atoms with Crippen LogP contribution in [0, 0.1) is 13.8 Å². The average molecular weight is 282 g/mol. The van der Waals surface area contributed by atoms with Gasteiger partial charge in [-0.25, -0.2) is 0 Å². The Kier molecular flexibility index (Phi) is 4.99. The molecule has 110 valence electrons. The monoisotopic (exact) mass is 282 g/mol. The van der Waals surface area contributed by atoms with Gasteiger partial charge in [0.05, 0.1) is 18.0 Å². The summed E-state index contributed by atoms with van der Waals surface area (Å²) in [6.45, 7) is 8.78. The van der Waals surface area contributed by atoms with Gasteiger partial charge in [-0.3, -0.25) is 5.43 Å². The SMILES string of the molecule is CCOc1c(C)cc(NN=C(C)c2ccccc2)cc1C. The fraction of sp³-hybridized carbons (Fsp3) is 0.278. The maximum Gasteiger partial charge on any atom is 0.125 e. The molecule has 3 heteroatoms. The third-order valence-corrected chi connectivity index (χ3v) is 3.29. The molecule has 21 heavy (non-hydrogen) atoms. The Labute approximate surface area is 126 Å². The molecule has 0 atom stereocenters. The maximum absolute atomic E-state index is 5.65. The zero-order chi connectivity index (χ0) is 15.2. The van der Waals surface area contributed by atoms with Gasteiger partial charge < -0.3 is 4.74 Å². The minimum absolute atomic E-state index is 0.680. The molecule has 1 N–H and O–H groups in total. The van der Waals surface area contributed by atoms with Crippen molar-refractivity contribution in [2.75, 3.05) is 12.0 Å². The second-order valence-corrected chi connectivity index (χ2v) is 5.05. The minimum Gasteiger partial charge on any atom is -0.493 e. The lowest BCUT2D eigenvalue weighted by Crippen LogP contribution is -2.01. The van der Waals surface area contributed by atoms with Crippen LogP contribution in [0.25, 0.3) is 0 Å². The molecular formula is C18H22N2O. The van der Waals surface area contributed by atoms with Crippen LogP contribution in [0.15, 0.2) is 47.6 Å². The van der Waals surface area contributed by atoms with E-state index in [1.807, 2.05) is 32.0 Å². The summed E-state index contributed by atoms with van der Waals surface area (Å²) in [6, 6.07) is 14.2. The van der Waals surface area contributed by atoms with Crippen molar-refractivity contribution in [2.45, 2.75) is 27.7 Å². The van der Waals surface area contributed by atoms with Crippen molar-refractivity contribution in [1.82, 2.24) is 0 Å². The van der Waals surface area contributed by atoms with Crippen LogP contribution in [-0.4, -0.2) is 12.3 Å². The van der Waals surface area contributed by atoms with E-state index in [0.29, 0.717) is 6.61 Å². The molecule has 0 amide bonds. The van der Waals surface area contributed by atoms with E-state index in [0.717, 1.165) is 33.8 Å². The van der Waals surface area contributed by atoms with Crippen LogP contribution >= 0.6 is 0 Å². The predicted octanol–water partition coefficient (Wildman–Crippen LogP) is 4.54. The molecule has 0 saturated carbocycles. The summed E-state index contributed by atoms with van der Waals surface area (Å²) >= 11 is 0. The van der Waals surface area contributed by atoms with Gasteiger partial charge in [0.25, 0.3) is 0 Å². The van der Waals surface area contributed by atoms with Crippen molar-refractivity contribution in [2.24, 2.45) is 5.10 Å². The number of hydrogen-bond acceptors (Lipinski definition) is 3. The predicted molar refractivity (Wildman–Crippen MR) is 89.4 cm³/mol. The van der Waals surface area contributed by atoms with E-state index in [4.69, 9.17) is 4.74 Å². The lowest BCUT2D eigenvalue weighted by molar-refractivity contribution is 0.335. The highest BCUT2D eigenvalue weighted by atomic mass is 16.5. The molecule has 0 radical (unpaired) electrons. The normalized spacial score (nSPS) is 11.3. The molecule has 3 nitrogen and oxygen atoms in total. The standard InChI is InChI=1S/C18H22N2O/c1-5-21-18-13(2)11-17(12-14(18)3)20-19-15(4)16-9-7-6-8-10-16/h6-12,20H,5H2,1-4H3. The van der Waals surface area contributed by atoms with E-state index >= 15 is 0 Å². The fourth-order valence-electron chi connectivity index (χ4n) is 2.28. The number of ether oxygens (including phenoxy) is 1. The molecule has 0 aliphatic rings. The largest absolute Gasteiger partial charge is 0.493 e. The van der Waals surface area contributed by atoms with Gasteiger partial charge in [-0.05, 0) is 56.5 Å². The van der Waals surface area contributed by atoms with E-state index in [9.17, 15) is 0 Å². The van der Waals surface area contributed by atoms with E-state index < -0.39 is 0 Å². The van der Waals surface area contributed by atoms with Crippen LogP contribution in [0.1, 0.15) is 30.5 Å². The van der Waals surface area contributed by atoms with E-state index in [-0.39, 0.29) is 0 Å². The van der Waals surface area contributed by atoms with Crippen LogP contribution in [-0.2, 0) is 0 Å². The number of nitrogens with one attached hydrogen (secondary N) is 1. The van der Waals surface area contributed by atoms with Crippen LogP contribution in [0.5, 0.6) is 5.75 Å². The first-order chi connectivity index (χ1) is 10.1. The molecule has 0 aliphatic heterocycles. The van der Waals surface area contributed by atoms with Gasteiger partial charge in [0, 0.05) is 0 Å². The first-order valence-electron chi connectivity index (χ1n) is 7.21. The molecule has 2 aromatic rings. The fourth-order valence-corrected chi connectivity index (χ4v) is 2.28. The summed E-state index contributed by atoms with van der Waals surface area (Å²) in [4.78, 5) is 0. The Bertz CT molecular complexity index is 610. The number of hydrazone groups is 1. The van der Waals surface area contributed by atoms with Crippen LogP contribution in [0.4, 0.5) is 5.69 Å². The lowest BCUT2D eigenvalue weighted by atomic mass is 10.1. The van der Waals surface area contributed by atoms with Crippen molar-refractivity contribution >= 4 is 11.4 Å². The summed E-state index contributed by atoms with van der Waals surface area (Å²) in [5.41, 5.74) is 8.41. The number of anilines is 1. The minimum atomic E-state index is 0.680. The molecule has 0 unspecified atom stereocenters. The highest BCUT2D eigenvalue weighted by Gasteiger charge is 2.05. The summed E-state index contributed by atoms with van der Waals surface area (Å²) in [5.74, 6) is 0.965. The number of aryl methyl sites for hydroxylation is 2. The first-order valence-corrected chi connectivity index (χ1v) is 7.21. The van der Waals surface area contributed by atoms with Crippen LogP contribution < -0.4 is 10.2 Å². The average Bonchev–Trinajstić information content (AvgIpc) is 2.49. The van der Waals surface area contributed by atoms with Gasteiger partial charge in [-0.15, -0.1) is 0 Å². The number of benzene rings is 2. The molecule has 0 saturated heterocycles. The highest BCUT2D eigenvalue weighted by Crippen LogP contribution is 2.27. The Morgan fingerprint density at radius 3 is 2.29 bits per heavy atom. The summed E-state index contributed by atoms with van der Waals surface area (Å²) in [5, 5.41) is 4.45. The van der Waals surface area contributed by atoms with Gasteiger partial charge in [0.1, 0.15) is 5.75 Å². The zero-order valence-corrected chi connectivity index (χ0v) is 13.1. The van der Waals surface area contributed by atoms with E-state index in [1.165, 1.54) is 0 Å². The smallest absolute Gasteiger partial charge is 0.125 e. The topological polar surface area (TPSA) is 33.6 Å². The quantitative estimate of drug-likeness (QED) is 0.645. The Balaban J connectivity index is 2.17. The third kappa shape index (κ3) is 3.85. The highest BCUT2D eigenvalue weighted by molar-refractivity contribution is 5.99. The summed E-state index contributed by atoms with van der Waals surface area (Å²) in [6.07, 6.45) is 0. The molecule has 2 rings (SSSR count). The molecule has 0 aromatic heterocycles. The van der Waals surface area contributed by atoms with E-state index in [2.05, 4.69) is 48.6 Å². The van der Waals surface area contributed by atoms with Crippen molar-refractivity contribution in [3.05, 3.63) is 59.2 Å². The molecule has 0 bridgehead atoms. The van der Waals surface area contributed by atoms with Crippen LogP contribution in [0.3, 0.4) is 0 Å². The van der Waals surface area contributed by atoms with Gasteiger partial charge in [-0.2, -0.15) is 5.10 Å². The third-order valence-electron chi connectivity index (χ3n) is 3.29.